The van der Waals surface area contributed by atoms with Gasteiger partial charge in [-0.05, 0) is 44.5 Å². The lowest BCUT2D eigenvalue weighted by Gasteiger charge is -2.20. The minimum atomic E-state index is -0.167. The summed E-state index contributed by atoms with van der Waals surface area (Å²) < 4.78 is 15.4. The van der Waals surface area contributed by atoms with Crippen molar-refractivity contribution in [1.82, 2.24) is 20.1 Å². The zero-order chi connectivity index (χ0) is 15.4. The van der Waals surface area contributed by atoms with Gasteiger partial charge in [-0.3, -0.25) is 0 Å². The van der Waals surface area contributed by atoms with Gasteiger partial charge in [-0.25, -0.2) is 14.1 Å². The van der Waals surface area contributed by atoms with Crippen molar-refractivity contribution in [3.8, 4) is 0 Å². The molecule has 0 aliphatic rings. The summed E-state index contributed by atoms with van der Waals surface area (Å²) in [7, 11) is 0. The first kappa shape index (κ1) is 15.6. The second-order valence-electron chi connectivity index (χ2n) is 5.54. The van der Waals surface area contributed by atoms with Crippen LogP contribution in [0.25, 0.3) is 0 Å². The molecule has 0 spiro atoms. The second kappa shape index (κ2) is 6.80. The third-order valence-corrected chi connectivity index (χ3v) is 3.56. The molecule has 1 unspecified atom stereocenters. The predicted molar refractivity (Wildman–Crippen MR) is 81.7 cm³/mol. The van der Waals surface area contributed by atoms with Crippen LogP contribution in [0.1, 0.15) is 49.8 Å². The number of hydrogen-bond donors (Lipinski definition) is 1. The van der Waals surface area contributed by atoms with Crippen molar-refractivity contribution in [2.45, 2.75) is 46.2 Å². The summed E-state index contributed by atoms with van der Waals surface area (Å²) in [4.78, 5) is 4.36. The van der Waals surface area contributed by atoms with Gasteiger partial charge < -0.3 is 5.32 Å². The Hall–Kier alpha value is -1.75. The Balaban J connectivity index is 2.26. The van der Waals surface area contributed by atoms with Crippen molar-refractivity contribution in [3.63, 3.8) is 0 Å². The molecule has 5 heteroatoms. The Labute approximate surface area is 125 Å². The Morgan fingerprint density at radius 2 is 2.10 bits per heavy atom. The van der Waals surface area contributed by atoms with Crippen molar-refractivity contribution >= 4 is 0 Å². The maximum absolute atomic E-state index is 13.4. The van der Waals surface area contributed by atoms with E-state index in [1.807, 2.05) is 16.8 Å². The number of likely N-dealkylation sites (N-methyl/N-ethyl adjacent to an activating group) is 1. The van der Waals surface area contributed by atoms with E-state index in [9.17, 15) is 4.39 Å². The maximum Gasteiger partial charge on any atom is 0.138 e. The number of rotatable bonds is 6. The Morgan fingerprint density at radius 1 is 1.33 bits per heavy atom. The number of halogens is 1. The Morgan fingerprint density at radius 3 is 2.71 bits per heavy atom. The van der Waals surface area contributed by atoms with Gasteiger partial charge in [0.15, 0.2) is 0 Å². The normalized spacial score (nSPS) is 12.9. The van der Waals surface area contributed by atoms with Crippen molar-refractivity contribution in [3.05, 3.63) is 47.3 Å². The molecule has 0 radical (unpaired) electrons. The summed E-state index contributed by atoms with van der Waals surface area (Å²) in [5, 5.41) is 7.72. The molecule has 2 rings (SSSR count). The van der Waals surface area contributed by atoms with Crippen LogP contribution in [0.3, 0.4) is 0 Å². The minimum Gasteiger partial charge on any atom is -0.310 e. The topological polar surface area (TPSA) is 42.7 Å². The minimum absolute atomic E-state index is 0.107. The van der Waals surface area contributed by atoms with Crippen LogP contribution in [0.2, 0.25) is 0 Å². The first-order valence-corrected chi connectivity index (χ1v) is 7.40. The molecule has 4 nitrogen and oxygen atoms in total. The van der Waals surface area contributed by atoms with E-state index in [1.54, 1.807) is 13.3 Å². The van der Waals surface area contributed by atoms with E-state index in [1.165, 1.54) is 6.07 Å². The lowest BCUT2D eigenvalue weighted by Crippen LogP contribution is -2.25. The molecule has 1 aromatic carbocycles. The van der Waals surface area contributed by atoms with Crippen LogP contribution in [0.5, 0.6) is 0 Å². The summed E-state index contributed by atoms with van der Waals surface area (Å²) >= 11 is 0. The lowest BCUT2D eigenvalue weighted by molar-refractivity contribution is 0.468. The molecule has 0 aliphatic heterocycles. The van der Waals surface area contributed by atoms with Crippen LogP contribution in [-0.2, 0) is 6.42 Å². The second-order valence-corrected chi connectivity index (χ2v) is 5.54. The van der Waals surface area contributed by atoms with Crippen molar-refractivity contribution in [2.24, 2.45) is 0 Å². The molecular formula is C16H23FN4. The van der Waals surface area contributed by atoms with Crippen LogP contribution >= 0.6 is 0 Å². The number of nitrogens with zero attached hydrogens (tertiary/aromatic N) is 3. The molecule has 0 saturated heterocycles. The quantitative estimate of drug-likeness (QED) is 0.888. The van der Waals surface area contributed by atoms with E-state index < -0.39 is 0 Å². The number of benzene rings is 1. The van der Waals surface area contributed by atoms with E-state index in [2.05, 4.69) is 36.2 Å². The largest absolute Gasteiger partial charge is 0.310 e. The molecule has 1 N–H and O–H groups in total. The van der Waals surface area contributed by atoms with Gasteiger partial charge in [0.2, 0.25) is 0 Å². The molecule has 1 aromatic heterocycles. The van der Waals surface area contributed by atoms with Gasteiger partial charge in [0.25, 0.3) is 0 Å². The average molecular weight is 290 g/mol. The lowest BCUT2D eigenvalue weighted by atomic mass is 10.0. The van der Waals surface area contributed by atoms with Gasteiger partial charge in [0, 0.05) is 18.5 Å². The molecule has 0 saturated carbocycles. The van der Waals surface area contributed by atoms with Gasteiger partial charge >= 0.3 is 0 Å². The maximum atomic E-state index is 13.4. The van der Waals surface area contributed by atoms with E-state index in [-0.39, 0.29) is 17.9 Å². The Bertz CT molecular complexity index is 592. The first-order chi connectivity index (χ1) is 10.0. The highest BCUT2D eigenvalue weighted by Crippen LogP contribution is 2.21. The fourth-order valence-corrected chi connectivity index (χ4v) is 2.47. The molecule has 0 bridgehead atoms. The smallest absolute Gasteiger partial charge is 0.138 e. The Kier molecular flexibility index (Phi) is 5.07. The zero-order valence-corrected chi connectivity index (χ0v) is 13.1. The molecule has 0 fully saturated rings. The van der Waals surface area contributed by atoms with E-state index in [0.29, 0.717) is 5.56 Å². The van der Waals surface area contributed by atoms with Crippen LogP contribution in [0.4, 0.5) is 4.39 Å². The summed E-state index contributed by atoms with van der Waals surface area (Å²) in [6.07, 6.45) is 2.32. The number of hydrogen-bond acceptors (Lipinski definition) is 3. The summed E-state index contributed by atoms with van der Waals surface area (Å²) in [5.41, 5.74) is 1.75. The van der Waals surface area contributed by atoms with E-state index in [4.69, 9.17) is 0 Å². The van der Waals surface area contributed by atoms with Crippen LogP contribution < -0.4 is 5.32 Å². The van der Waals surface area contributed by atoms with Gasteiger partial charge in [0.1, 0.15) is 18.0 Å². The predicted octanol–water partition coefficient (Wildman–Crippen LogP) is 3.20. The SMILES string of the molecule is CCNC(Cc1ncnn1C(C)C)c1ccc(F)c(C)c1. The van der Waals surface area contributed by atoms with Crippen LogP contribution in [-0.4, -0.2) is 21.3 Å². The fraction of sp³-hybridized carbons (Fsp3) is 0.500. The van der Waals surface area contributed by atoms with Gasteiger partial charge in [-0.1, -0.05) is 19.1 Å². The molecule has 0 amide bonds. The van der Waals surface area contributed by atoms with E-state index >= 15 is 0 Å². The molecule has 114 valence electrons. The van der Waals surface area contributed by atoms with Crippen molar-refractivity contribution in [2.75, 3.05) is 6.54 Å². The highest BCUT2D eigenvalue weighted by atomic mass is 19.1. The van der Waals surface area contributed by atoms with Gasteiger partial charge in [-0.15, -0.1) is 0 Å². The molecule has 21 heavy (non-hydrogen) atoms. The third-order valence-electron chi connectivity index (χ3n) is 3.56. The van der Waals surface area contributed by atoms with E-state index in [0.717, 1.165) is 24.4 Å². The monoisotopic (exact) mass is 290 g/mol. The first-order valence-electron chi connectivity index (χ1n) is 7.40. The fourth-order valence-electron chi connectivity index (χ4n) is 2.47. The van der Waals surface area contributed by atoms with Crippen molar-refractivity contribution < 1.29 is 4.39 Å². The van der Waals surface area contributed by atoms with Gasteiger partial charge in [0.05, 0.1) is 0 Å². The summed E-state index contributed by atoms with van der Waals surface area (Å²) in [6, 6.07) is 5.66. The zero-order valence-electron chi connectivity index (χ0n) is 13.1. The average Bonchev–Trinajstić information content (AvgIpc) is 2.90. The molecule has 2 aromatic rings. The highest BCUT2D eigenvalue weighted by molar-refractivity contribution is 5.27. The molecule has 1 heterocycles. The summed E-state index contributed by atoms with van der Waals surface area (Å²) in [6.45, 7) is 8.87. The number of aromatic nitrogens is 3. The number of nitrogens with one attached hydrogen (secondary N) is 1. The van der Waals surface area contributed by atoms with Crippen molar-refractivity contribution in [1.29, 1.82) is 0 Å². The van der Waals surface area contributed by atoms with Gasteiger partial charge in [-0.2, -0.15) is 5.10 Å². The van der Waals surface area contributed by atoms with Crippen LogP contribution in [0.15, 0.2) is 24.5 Å². The molecule has 1 atom stereocenters. The third kappa shape index (κ3) is 3.67. The molecule has 0 aliphatic carbocycles. The van der Waals surface area contributed by atoms with Crippen LogP contribution in [0, 0.1) is 12.7 Å². The number of aryl methyl sites for hydroxylation is 1. The molecular weight excluding hydrogens is 267 g/mol. The standard InChI is InChI=1S/C16H23FN4/c1-5-18-15(13-6-7-14(17)12(4)8-13)9-16-19-10-20-21(16)11(2)3/h6-8,10-11,15,18H,5,9H2,1-4H3. The highest BCUT2D eigenvalue weighted by Gasteiger charge is 2.17. The summed E-state index contributed by atoms with van der Waals surface area (Å²) in [5.74, 6) is 0.775.